The number of unbranched alkanes of at least 4 members (excludes halogenated alkanes) is 9. The van der Waals surface area contributed by atoms with E-state index in [1.807, 2.05) is 0 Å². The zero-order valence-corrected chi connectivity index (χ0v) is 66.2. The molecule has 0 aliphatic carbocycles. The topological polar surface area (TPSA) is 556 Å². The molecule has 0 aromatic rings. The van der Waals surface area contributed by atoms with E-state index in [2.05, 4.69) is 67.0 Å². The van der Waals surface area contributed by atoms with Crippen molar-refractivity contribution >= 4 is 59.1 Å². The lowest BCUT2D eigenvalue weighted by Gasteiger charge is -2.42. The third-order valence-corrected chi connectivity index (χ3v) is 18.6. The Hall–Kier alpha value is -6.02. The molecule has 3 fully saturated rings. The molecule has 38 nitrogen and oxygen atoms in total. The average molecular weight is 1610 g/mol. The number of nitrogens with one attached hydrogen (secondary N) is 10. The monoisotopic (exact) mass is 1610 g/mol. The third kappa shape index (κ3) is 42.6. The van der Waals surface area contributed by atoms with Gasteiger partial charge in [0.2, 0.25) is 59.1 Å². The van der Waals surface area contributed by atoms with Gasteiger partial charge in [-0.2, -0.15) is 0 Å². The second-order valence-corrected chi connectivity index (χ2v) is 29.1. The van der Waals surface area contributed by atoms with Gasteiger partial charge in [-0.25, -0.2) is 0 Å². The summed E-state index contributed by atoms with van der Waals surface area (Å²) in [5, 5.41) is 118. The van der Waals surface area contributed by atoms with Crippen LogP contribution >= 0.6 is 0 Å². The van der Waals surface area contributed by atoms with Gasteiger partial charge in [0.1, 0.15) is 78.6 Å². The van der Waals surface area contributed by atoms with Crippen molar-refractivity contribution in [3.63, 3.8) is 0 Å². The first kappa shape index (κ1) is 100. The number of rotatable bonds is 62. The molecule has 112 heavy (non-hydrogen) atoms. The molecule has 0 radical (unpaired) electrons. The van der Waals surface area contributed by atoms with Crippen molar-refractivity contribution < 1.29 is 137 Å². The number of hydrogen-bond donors (Lipinski definition) is 19. The van der Waals surface area contributed by atoms with E-state index in [0.29, 0.717) is 70.1 Å². The SMILES string of the molecule is CC(=O)NC1C(OCCCCC(=O)NCCCNC(=O)CCOCC(COCCC(=O)NCCCNC(=O)CCCCOC2OC(CO)C(O)C(O)C2NC(C)=O)(COCCC(=O)NCCCNC(=O)CCCCOC2OC(CO)C(O)C(O)C2NC(C)=O)NC(=O)CCCCCCCCCC(C)C)OC(CO)C(O)C1O. The number of hydrogen-bond acceptors (Lipinski definition) is 28. The maximum absolute atomic E-state index is 13.9. The van der Waals surface area contributed by atoms with E-state index in [4.69, 9.17) is 42.6 Å². The zero-order valence-electron chi connectivity index (χ0n) is 66.2. The van der Waals surface area contributed by atoms with Crippen molar-refractivity contribution in [2.45, 2.75) is 286 Å². The molecule has 0 aromatic carbocycles. The largest absolute Gasteiger partial charge is 0.394 e. The Kier molecular flexibility index (Phi) is 52.6. The van der Waals surface area contributed by atoms with Gasteiger partial charge in [0.05, 0.1) is 59.5 Å². The summed E-state index contributed by atoms with van der Waals surface area (Å²) < 4.78 is 52.2. The number of aliphatic hydroxyl groups is 9. The Labute approximate surface area is 657 Å². The standard InChI is InChI=1S/C74H134N10O28/c1-48(2)22-11-9-7-6-8-10-12-26-61(97)84-74(45-104-39-27-58(94)78-33-19-30-75-55(91)23-13-16-36-107-71-62(81-49(3)88)68(101)65(98)52(42-85)110-71,46-105-40-28-59(95)79-34-20-31-76-56(92)24-14-17-37-108-72-63(82-50(4)89)69(102)66(99)53(43-86)111-72)47-106-41-29-60(96)80-35-21-32-77-57(93)25-15-18-38-109-73-64(83-51(5)90)70(103)67(100)54(44-87)112-73/h48,52-54,62-73,85-87,98-103H,6-47H2,1-5H3,(H,75,91)(H,76,92)(H,77,93)(H,78,94)(H,79,95)(H,80,96)(H,81,88)(H,82,89)(H,83,90)(H,84,97). The van der Waals surface area contributed by atoms with Crippen LogP contribution < -0.4 is 53.2 Å². The highest BCUT2D eigenvalue weighted by molar-refractivity contribution is 5.79. The molecule has 648 valence electrons. The summed E-state index contributed by atoms with van der Waals surface area (Å²) in [6.45, 7) is 7.12. The van der Waals surface area contributed by atoms with Crippen LogP contribution in [-0.2, 0) is 90.6 Å². The highest BCUT2D eigenvalue weighted by Crippen LogP contribution is 2.26. The van der Waals surface area contributed by atoms with Crippen LogP contribution in [0.15, 0.2) is 0 Å². The summed E-state index contributed by atoms with van der Waals surface area (Å²) in [5.41, 5.74) is -1.38. The summed E-state index contributed by atoms with van der Waals surface area (Å²) in [6.07, 6.45) is -3.50. The molecule has 15 unspecified atom stereocenters. The van der Waals surface area contributed by atoms with Gasteiger partial charge in [-0.1, -0.05) is 58.8 Å². The Morgan fingerprint density at radius 3 is 0.866 bits per heavy atom. The first-order valence-corrected chi connectivity index (χ1v) is 39.8. The Balaban J connectivity index is 1.54. The molecule has 15 atom stereocenters. The number of ether oxygens (including phenoxy) is 9. The average Bonchev–Trinajstić information content (AvgIpc) is 0.819. The van der Waals surface area contributed by atoms with Gasteiger partial charge in [-0.15, -0.1) is 0 Å². The lowest BCUT2D eigenvalue weighted by Crippen LogP contribution is -2.64. The van der Waals surface area contributed by atoms with Crippen molar-refractivity contribution in [1.29, 1.82) is 0 Å². The quantitative estimate of drug-likeness (QED) is 0.0263. The first-order chi connectivity index (χ1) is 53.6. The van der Waals surface area contributed by atoms with Crippen LogP contribution in [0.5, 0.6) is 0 Å². The predicted molar refractivity (Wildman–Crippen MR) is 401 cm³/mol. The molecule has 3 heterocycles. The van der Waals surface area contributed by atoms with E-state index in [1.54, 1.807) is 0 Å². The summed E-state index contributed by atoms with van der Waals surface area (Å²) in [5.74, 6) is -2.91. The summed E-state index contributed by atoms with van der Waals surface area (Å²) in [4.78, 5) is 126. The van der Waals surface area contributed by atoms with Crippen LogP contribution in [0.1, 0.15) is 189 Å². The van der Waals surface area contributed by atoms with Gasteiger partial charge in [-0.05, 0) is 70.1 Å². The second-order valence-electron chi connectivity index (χ2n) is 29.1. The van der Waals surface area contributed by atoms with Gasteiger partial charge >= 0.3 is 0 Å². The molecule has 10 amide bonds. The highest BCUT2D eigenvalue weighted by Gasteiger charge is 2.48. The molecule has 3 aliphatic rings. The van der Waals surface area contributed by atoms with E-state index >= 15 is 0 Å². The van der Waals surface area contributed by atoms with Crippen LogP contribution in [0.4, 0.5) is 0 Å². The fourth-order valence-electron chi connectivity index (χ4n) is 12.4. The molecular weight excluding hydrogens is 1480 g/mol. The minimum absolute atomic E-state index is 0.0858. The molecule has 0 bridgehead atoms. The van der Waals surface area contributed by atoms with Gasteiger partial charge in [0.25, 0.3) is 0 Å². The number of aliphatic hydroxyl groups excluding tert-OH is 9. The highest BCUT2D eigenvalue weighted by atomic mass is 16.7. The minimum atomic E-state index is -1.45. The van der Waals surface area contributed by atoms with Crippen LogP contribution in [0.25, 0.3) is 0 Å². The molecule has 19 N–H and O–H groups in total. The number of carbonyl (C=O) groups is 10. The maximum Gasteiger partial charge on any atom is 0.222 e. The zero-order chi connectivity index (χ0) is 82.6. The van der Waals surface area contributed by atoms with Crippen LogP contribution in [-0.4, -0.2) is 321 Å². The van der Waals surface area contributed by atoms with Crippen LogP contribution in [0.2, 0.25) is 0 Å². The molecule has 3 aliphatic heterocycles. The summed E-state index contributed by atoms with van der Waals surface area (Å²) in [6, 6.07) is -3.26. The molecule has 3 rings (SSSR count). The summed E-state index contributed by atoms with van der Waals surface area (Å²) in [7, 11) is 0. The van der Waals surface area contributed by atoms with Crippen LogP contribution in [0, 0.1) is 5.92 Å². The van der Waals surface area contributed by atoms with Gasteiger partial charge in [0.15, 0.2) is 18.9 Å². The van der Waals surface area contributed by atoms with E-state index in [0.717, 1.165) is 32.1 Å². The smallest absolute Gasteiger partial charge is 0.222 e. The van der Waals surface area contributed by atoms with E-state index < -0.39 is 135 Å². The number of carbonyl (C=O) groups excluding carboxylic acids is 10. The fraction of sp³-hybridized carbons (Fsp3) is 0.865. The molecular formula is C74H134N10O28. The normalized spacial score (nSPS) is 24.2. The lowest BCUT2D eigenvalue weighted by atomic mass is 9.97. The molecule has 3 saturated heterocycles. The molecule has 0 aromatic heterocycles. The Bertz CT molecular complexity index is 2450. The number of amides is 10. The van der Waals surface area contributed by atoms with Crippen molar-refractivity contribution in [2.75, 3.05) is 119 Å². The van der Waals surface area contributed by atoms with Gasteiger partial charge < -0.3 is 142 Å². The Morgan fingerprint density at radius 2 is 0.589 bits per heavy atom. The van der Waals surface area contributed by atoms with Crippen LogP contribution in [0.3, 0.4) is 0 Å². The van der Waals surface area contributed by atoms with E-state index in [9.17, 15) is 93.9 Å². The molecule has 38 heteroatoms. The fourth-order valence-corrected chi connectivity index (χ4v) is 12.4. The van der Waals surface area contributed by atoms with E-state index in [-0.39, 0.29) is 185 Å². The van der Waals surface area contributed by atoms with Crippen molar-refractivity contribution in [3.8, 4) is 0 Å². The maximum atomic E-state index is 13.9. The second kappa shape index (κ2) is 58.8. The van der Waals surface area contributed by atoms with Gasteiger partial charge in [0, 0.05) is 125 Å². The molecule has 0 saturated carbocycles. The predicted octanol–water partition coefficient (Wildman–Crippen LogP) is -3.51. The van der Waals surface area contributed by atoms with Gasteiger partial charge in [-0.3, -0.25) is 47.9 Å². The van der Waals surface area contributed by atoms with E-state index in [1.165, 1.54) is 33.6 Å². The Morgan fingerprint density at radius 1 is 0.330 bits per heavy atom. The lowest BCUT2D eigenvalue weighted by molar-refractivity contribution is -0.270. The molecule has 0 spiro atoms. The summed E-state index contributed by atoms with van der Waals surface area (Å²) >= 11 is 0. The minimum Gasteiger partial charge on any atom is -0.394 e. The van der Waals surface area contributed by atoms with Crippen molar-refractivity contribution in [3.05, 3.63) is 0 Å². The first-order valence-electron chi connectivity index (χ1n) is 39.8. The van der Waals surface area contributed by atoms with Crippen molar-refractivity contribution in [2.24, 2.45) is 5.92 Å². The third-order valence-electron chi connectivity index (χ3n) is 18.6. The van der Waals surface area contributed by atoms with Crippen molar-refractivity contribution in [1.82, 2.24) is 53.2 Å².